The van der Waals surface area contributed by atoms with Crippen LogP contribution < -0.4 is 0 Å². The van der Waals surface area contributed by atoms with Crippen LogP contribution in [0.4, 0.5) is 0 Å². The third-order valence-corrected chi connectivity index (χ3v) is 2.26. The molecule has 11 heavy (non-hydrogen) atoms. The molecule has 0 radical (unpaired) electrons. The van der Waals surface area contributed by atoms with Crippen molar-refractivity contribution in [3.8, 4) is 0 Å². The number of hydrogen-bond acceptors (Lipinski definition) is 2. The van der Waals surface area contributed by atoms with Crippen molar-refractivity contribution in [3.63, 3.8) is 0 Å². The van der Waals surface area contributed by atoms with Crippen molar-refractivity contribution in [1.82, 2.24) is 0 Å². The van der Waals surface area contributed by atoms with Crippen LogP contribution in [0, 0.1) is 5.92 Å². The summed E-state index contributed by atoms with van der Waals surface area (Å²) < 4.78 is 5.23. The molecule has 1 aliphatic carbocycles. The molecule has 0 N–H and O–H groups in total. The summed E-state index contributed by atoms with van der Waals surface area (Å²) in [5, 5.41) is 0. The summed E-state index contributed by atoms with van der Waals surface area (Å²) in [5.74, 6) is 1.20. The first-order valence-corrected chi connectivity index (χ1v) is 3.90. The first kappa shape index (κ1) is 6.65. The lowest BCUT2D eigenvalue weighted by Gasteiger charge is -2.14. The Labute approximate surface area is 65.2 Å². The summed E-state index contributed by atoms with van der Waals surface area (Å²) in [5.41, 5.74) is 1.28. The van der Waals surface area contributed by atoms with Gasteiger partial charge in [0.2, 0.25) is 0 Å². The number of carbonyl (C=O) groups excluding carboxylic acids is 1. The fourth-order valence-corrected chi connectivity index (χ4v) is 1.57. The Morgan fingerprint density at radius 2 is 2.55 bits per heavy atom. The minimum absolute atomic E-state index is 0.189. The minimum Gasteiger partial charge on any atom is -0.469 e. The molecule has 0 aliphatic heterocycles. The van der Waals surface area contributed by atoms with E-state index in [2.05, 4.69) is 0 Å². The highest BCUT2D eigenvalue weighted by molar-refractivity contribution is 5.55. The fourth-order valence-electron chi connectivity index (χ4n) is 1.57. The maximum atomic E-state index is 10.4. The van der Waals surface area contributed by atoms with E-state index < -0.39 is 0 Å². The van der Waals surface area contributed by atoms with Crippen LogP contribution in [-0.2, 0) is 17.6 Å². The van der Waals surface area contributed by atoms with E-state index in [1.165, 1.54) is 5.56 Å². The molecule has 0 bridgehead atoms. The Hall–Kier alpha value is -1.05. The number of rotatable bonds is 1. The van der Waals surface area contributed by atoms with E-state index in [1.54, 1.807) is 6.26 Å². The molecule has 0 saturated heterocycles. The number of fused-ring (bicyclic) bond motifs is 1. The molecule has 1 atom stereocenters. The molecule has 2 rings (SSSR count). The van der Waals surface area contributed by atoms with Gasteiger partial charge in [0.15, 0.2) is 0 Å². The molecular weight excluding hydrogens is 140 g/mol. The molecule has 0 amide bonds. The van der Waals surface area contributed by atoms with Crippen LogP contribution in [0.1, 0.15) is 17.7 Å². The van der Waals surface area contributed by atoms with Gasteiger partial charge in [-0.2, -0.15) is 0 Å². The molecular formula is C9H10O2. The Balaban J connectivity index is 2.24. The van der Waals surface area contributed by atoms with Gasteiger partial charge >= 0.3 is 0 Å². The number of furan rings is 1. The molecule has 1 heterocycles. The summed E-state index contributed by atoms with van der Waals surface area (Å²) >= 11 is 0. The van der Waals surface area contributed by atoms with Gasteiger partial charge in [-0.3, -0.25) is 0 Å². The molecule has 0 saturated carbocycles. The van der Waals surface area contributed by atoms with Gasteiger partial charge in [0.25, 0.3) is 0 Å². The largest absolute Gasteiger partial charge is 0.469 e. The molecule has 0 fully saturated rings. The molecule has 1 unspecified atom stereocenters. The summed E-state index contributed by atoms with van der Waals surface area (Å²) in [7, 11) is 0. The van der Waals surface area contributed by atoms with E-state index in [-0.39, 0.29) is 5.92 Å². The van der Waals surface area contributed by atoms with Crippen molar-refractivity contribution in [2.45, 2.75) is 19.3 Å². The highest BCUT2D eigenvalue weighted by atomic mass is 16.3. The molecule has 0 aromatic carbocycles. The van der Waals surface area contributed by atoms with Crippen molar-refractivity contribution in [1.29, 1.82) is 0 Å². The van der Waals surface area contributed by atoms with Crippen molar-refractivity contribution in [2.75, 3.05) is 0 Å². The van der Waals surface area contributed by atoms with Crippen LogP contribution in [0.3, 0.4) is 0 Å². The summed E-state index contributed by atoms with van der Waals surface area (Å²) in [6.07, 6.45) is 5.51. The van der Waals surface area contributed by atoms with E-state index in [4.69, 9.17) is 4.42 Å². The number of aldehydes is 1. The summed E-state index contributed by atoms with van der Waals surface area (Å²) in [6.45, 7) is 0. The van der Waals surface area contributed by atoms with Crippen LogP contribution in [-0.4, -0.2) is 6.29 Å². The van der Waals surface area contributed by atoms with Gasteiger partial charge in [0.1, 0.15) is 12.0 Å². The van der Waals surface area contributed by atoms with Gasteiger partial charge in [0, 0.05) is 12.3 Å². The van der Waals surface area contributed by atoms with Crippen molar-refractivity contribution in [2.24, 2.45) is 5.92 Å². The van der Waals surface area contributed by atoms with Crippen LogP contribution in [0.25, 0.3) is 0 Å². The molecule has 1 aromatic rings. The SMILES string of the molecule is O=CC1CCc2ccoc2C1. The Morgan fingerprint density at radius 3 is 3.36 bits per heavy atom. The average molecular weight is 150 g/mol. The average Bonchev–Trinajstić information content (AvgIpc) is 2.50. The van der Waals surface area contributed by atoms with Crippen molar-refractivity contribution >= 4 is 6.29 Å². The Morgan fingerprint density at radius 1 is 1.64 bits per heavy atom. The third kappa shape index (κ3) is 1.09. The van der Waals surface area contributed by atoms with Gasteiger partial charge in [-0.15, -0.1) is 0 Å². The molecule has 1 aromatic heterocycles. The maximum Gasteiger partial charge on any atom is 0.123 e. The van der Waals surface area contributed by atoms with Gasteiger partial charge in [-0.25, -0.2) is 0 Å². The third-order valence-electron chi connectivity index (χ3n) is 2.26. The highest BCUT2D eigenvalue weighted by Crippen LogP contribution is 2.24. The minimum atomic E-state index is 0.189. The lowest BCUT2D eigenvalue weighted by atomic mass is 9.90. The molecule has 2 nitrogen and oxygen atoms in total. The van der Waals surface area contributed by atoms with Crippen LogP contribution in [0.5, 0.6) is 0 Å². The first-order valence-electron chi connectivity index (χ1n) is 3.90. The number of hydrogen-bond donors (Lipinski definition) is 0. The van der Waals surface area contributed by atoms with Gasteiger partial charge in [0.05, 0.1) is 6.26 Å². The van der Waals surface area contributed by atoms with E-state index >= 15 is 0 Å². The van der Waals surface area contributed by atoms with Crippen molar-refractivity contribution in [3.05, 3.63) is 23.7 Å². The molecule has 2 heteroatoms. The van der Waals surface area contributed by atoms with Gasteiger partial charge in [-0.05, 0) is 24.5 Å². The highest BCUT2D eigenvalue weighted by Gasteiger charge is 2.19. The van der Waals surface area contributed by atoms with Crippen LogP contribution >= 0.6 is 0 Å². The van der Waals surface area contributed by atoms with Gasteiger partial charge < -0.3 is 9.21 Å². The second kappa shape index (κ2) is 2.53. The van der Waals surface area contributed by atoms with Gasteiger partial charge in [-0.1, -0.05) is 0 Å². The standard InChI is InChI=1S/C9H10O2/c10-6-7-1-2-8-3-4-11-9(8)5-7/h3-4,6-7H,1-2,5H2. The maximum absolute atomic E-state index is 10.4. The molecule has 1 aliphatic rings. The predicted octanol–water partition coefficient (Wildman–Crippen LogP) is 1.58. The molecule has 0 spiro atoms. The number of carbonyl (C=O) groups is 1. The Kier molecular flexibility index (Phi) is 1.53. The molecule has 58 valence electrons. The van der Waals surface area contributed by atoms with E-state index in [9.17, 15) is 4.79 Å². The van der Waals surface area contributed by atoms with Crippen LogP contribution in [0.2, 0.25) is 0 Å². The second-order valence-corrected chi connectivity index (χ2v) is 3.01. The smallest absolute Gasteiger partial charge is 0.123 e. The zero-order valence-corrected chi connectivity index (χ0v) is 6.25. The lowest BCUT2D eigenvalue weighted by molar-refractivity contribution is -0.111. The van der Waals surface area contributed by atoms with E-state index in [1.807, 2.05) is 6.07 Å². The monoisotopic (exact) mass is 150 g/mol. The first-order chi connectivity index (χ1) is 5.40. The van der Waals surface area contributed by atoms with E-state index in [0.29, 0.717) is 0 Å². The van der Waals surface area contributed by atoms with Crippen LogP contribution in [0.15, 0.2) is 16.7 Å². The second-order valence-electron chi connectivity index (χ2n) is 3.01. The fraction of sp³-hybridized carbons (Fsp3) is 0.444. The zero-order valence-electron chi connectivity index (χ0n) is 6.25. The zero-order chi connectivity index (χ0) is 7.68. The Bertz CT molecular complexity index is 262. The normalized spacial score (nSPS) is 22.7. The van der Waals surface area contributed by atoms with E-state index in [0.717, 1.165) is 31.3 Å². The number of aryl methyl sites for hydroxylation is 1. The quantitative estimate of drug-likeness (QED) is 0.569. The van der Waals surface area contributed by atoms with Crippen molar-refractivity contribution < 1.29 is 9.21 Å². The summed E-state index contributed by atoms with van der Waals surface area (Å²) in [6, 6.07) is 2.00. The topological polar surface area (TPSA) is 30.2 Å². The predicted molar refractivity (Wildman–Crippen MR) is 40.3 cm³/mol. The summed E-state index contributed by atoms with van der Waals surface area (Å²) in [4.78, 5) is 10.4. The lowest BCUT2D eigenvalue weighted by Crippen LogP contribution is -2.13.